The van der Waals surface area contributed by atoms with Crippen LogP contribution in [0, 0.1) is 34.5 Å². The molecule has 4 aromatic rings. The number of aliphatic hydroxyl groups is 1. The molecule has 0 radical (unpaired) electrons. The molecule has 1 aliphatic heterocycles. The molecule has 1 aromatic heterocycles. The van der Waals surface area contributed by atoms with E-state index < -0.39 is 23.6 Å². The highest BCUT2D eigenvalue weighted by Crippen LogP contribution is 2.55. The summed E-state index contributed by atoms with van der Waals surface area (Å²) in [5.41, 5.74) is 5.37. The van der Waals surface area contributed by atoms with Crippen LogP contribution in [-0.4, -0.2) is 75.5 Å². The summed E-state index contributed by atoms with van der Waals surface area (Å²) >= 11 is 7.82. The molecule has 1 unspecified atom stereocenters. The van der Waals surface area contributed by atoms with E-state index in [9.17, 15) is 29.5 Å². The van der Waals surface area contributed by atoms with Crippen molar-refractivity contribution in [3.8, 4) is 22.3 Å². The van der Waals surface area contributed by atoms with Gasteiger partial charge in [-0.3, -0.25) is 19.2 Å². The molecule has 12 nitrogen and oxygen atoms in total. The van der Waals surface area contributed by atoms with E-state index in [0.29, 0.717) is 28.3 Å². The maximum Gasteiger partial charge on any atom is 0.251 e. The smallest absolute Gasteiger partial charge is 0.251 e. The molecule has 1 saturated heterocycles. The minimum Gasteiger partial charge on any atom is -0.489 e. The summed E-state index contributed by atoms with van der Waals surface area (Å²) in [6.07, 6.45) is 2.33. The Hall–Kier alpha value is -5.29. The number of amides is 4. The van der Waals surface area contributed by atoms with Crippen molar-refractivity contribution in [2.75, 3.05) is 6.54 Å². The number of aromatic nitrogens is 1. The molecular formula is C51H63ClN6O6S. The Morgan fingerprint density at radius 3 is 2.26 bits per heavy atom. The third kappa shape index (κ3) is 11.2. The summed E-state index contributed by atoms with van der Waals surface area (Å²) in [5, 5.41) is 29.5. The Morgan fingerprint density at radius 2 is 1.66 bits per heavy atom. The van der Waals surface area contributed by atoms with Crippen LogP contribution in [0.5, 0.6) is 5.75 Å². The highest BCUT2D eigenvalue weighted by atomic mass is 35.5. The van der Waals surface area contributed by atoms with Gasteiger partial charge in [-0.2, -0.15) is 5.26 Å². The van der Waals surface area contributed by atoms with Crippen molar-refractivity contribution >= 4 is 46.6 Å². The molecule has 6 rings (SSSR count). The third-order valence-corrected chi connectivity index (χ3v) is 14.4. The number of ether oxygens (including phenoxy) is 1. The maximum atomic E-state index is 14.1. The SMILES string of the molecule is Cc1ncsc1-c1ccc([C@H](C)NC(=O)[C@@H]2C[C@@H](O)CN2C(=O)C(NC(=O)CCCCCc2ccc(C(=O)NC3C(C)(C)C(Oc4ccc(C#N)c(Cl)c4)C3(C)C)cc2)C(C)(C)C)cc1. The first kappa shape index (κ1) is 49.2. The van der Waals surface area contributed by atoms with E-state index in [-0.39, 0.29) is 72.0 Å². The predicted molar refractivity (Wildman–Crippen MR) is 254 cm³/mol. The van der Waals surface area contributed by atoms with Crippen LogP contribution in [0.25, 0.3) is 10.4 Å². The van der Waals surface area contributed by atoms with Gasteiger partial charge in [0, 0.05) is 47.9 Å². The van der Waals surface area contributed by atoms with Crippen molar-refractivity contribution < 1.29 is 29.0 Å². The first-order valence-corrected chi connectivity index (χ1v) is 23.7. The van der Waals surface area contributed by atoms with Crippen molar-refractivity contribution in [2.24, 2.45) is 16.2 Å². The summed E-state index contributed by atoms with van der Waals surface area (Å²) < 4.78 is 6.36. The average molecular weight is 924 g/mol. The highest BCUT2D eigenvalue weighted by Gasteiger charge is 2.64. The van der Waals surface area contributed by atoms with Crippen molar-refractivity contribution in [3.63, 3.8) is 0 Å². The van der Waals surface area contributed by atoms with Gasteiger partial charge in [-0.1, -0.05) is 103 Å². The van der Waals surface area contributed by atoms with E-state index in [1.165, 1.54) is 4.90 Å². The number of likely N-dealkylation sites (tertiary alicyclic amines) is 1. The number of carbonyl (C=O) groups excluding carboxylic acids is 4. The molecule has 4 N–H and O–H groups in total. The number of thiazole rings is 1. The fourth-order valence-electron chi connectivity index (χ4n) is 9.67. The minimum absolute atomic E-state index is 0.00735. The van der Waals surface area contributed by atoms with Gasteiger partial charge in [0.05, 0.1) is 38.8 Å². The number of aryl methyl sites for hydroxylation is 2. The standard InChI is InChI=1S/C51H63ClN6O6S/c1-30(33-19-21-34(22-20-33)42-31(2)54-29-65-42)55-45(62)40-25-37(59)28-58(40)46(63)43(49(3,4)5)56-41(60)14-12-10-11-13-32-15-17-35(18-16-32)44(61)57-47-50(6,7)48(51(47,8)9)64-38-24-23-36(27-53)39(52)26-38/h15-24,26,29-30,37,40,43,47-48,59H,10-14,25,28H2,1-9H3,(H,55,62)(H,56,60)(H,57,61)/t30-,37+,40-,43?,47?,48?/m0/s1. The summed E-state index contributed by atoms with van der Waals surface area (Å²) in [6, 6.07) is 20.4. The van der Waals surface area contributed by atoms with Crippen LogP contribution >= 0.6 is 22.9 Å². The second-order valence-corrected chi connectivity index (χ2v) is 21.2. The molecule has 2 aliphatic rings. The molecule has 2 fully saturated rings. The van der Waals surface area contributed by atoms with Gasteiger partial charge in [-0.05, 0) is 79.5 Å². The Balaban J connectivity index is 0.946. The lowest BCUT2D eigenvalue weighted by Crippen LogP contribution is -2.74. The number of nitrogens with one attached hydrogen (secondary N) is 3. The Kier molecular flexibility index (Phi) is 15.2. The van der Waals surface area contributed by atoms with Crippen LogP contribution in [0.4, 0.5) is 0 Å². The lowest BCUT2D eigenvalue weighted by molar-refractivity contribution is -0.164. The summed E-state index contributed by atoms with van der Waals surface area (Å²) in [4.78, 5) is 61.4. The average Bonchev–Trinajstić information content (AvgIpc) is 3.88. The van der Waals surface area contributed by atoms with Gasteiger partial charge in [-0.15, -0.1) is 11.3 Å². The minimum atomic E-state index is -0.892. The molecule has 4 amide bonds. The zero-order valence-corrected chi connectivity index (χ0v) is 40.5. The molecule has 346 valence electrons. The van der Waals surface area contributed by atoms with E-state index in [1.54, 1.807) is 29.5 Å². The number of rotatable bonds is 16. The number of hydrogen-bond acceptors (Lipinski definition) is 9. The predicted octanol–water partition coefficient (Wildman–Crippen LogP) is 8.73. The summed E-state index contributed by atoms with van der Waals surface area (Å²) in [7, 11) is 0. The van der Waals surface area contributed by atoms with E-state index in [4.69, 9.17) is 16.3 Å². The van der Waals surface area contributed by atoms with Crippen LogP contribution < -0.4 is 20.7 Å². The number of benzene rings is 3. The molecule has 0 bridgehead atoms. The first-order chi connectivity index (χ1) is 30.6. The number of unbranched alkanes of at least 4 members (excludes halogenated alkanes) is 2. The van der Waals surface area contributed by atoms with E-state index in [1.807, 2.05) is 88.7 Å². The van der Waals surface area contributed by atoms with Crippen LogP contribution in [0.2, 0.25) is 5.02 Å². The van der Waals surface area contributed by atoms with Crippen LogP contribution in [-0.2, 0) is 20.8 Å². The Labute approximate surface area is 392 Å². The molecule has 2 heterocycles. The quantitative estimate of drug-likeness (QED) is 0.0808. The topological polar surface area (TPSA) is 174 Å². The van der Waals surface area contributed by atoms with Gasteiger partial charge in [0.2, 0.25) is 17.7 Å². The number of nitriles is 1. The van der Waals surface area contributed by atoms with Crippen LogP contribution in [0.3, 0.4) is 0 Å². The zero-order valence-electron chi connectivity index (χ0n) is 39.0. The first-order valence-electron chi connectivity index (χ1n) is 22.5. The molecule has 3 aromatic carbocycles. The van der Waals surface area contributed by atoms with Gasteiger partial charge in [-0.25, -0.2) is 4.98 Å². The number of β-amino-alcohol motifs (C(OH)–C–C–N with tert-alkyl or cyclic N) is 1. The van der Waals surface area contributed by atoms with Crippen molar-refractivity contribution in [2.45, 2.75) is 137 Å². The van der Waals surface area contributed by atoms with E-state index >= 15 is 0 Å². The Bertz CT molecular complexity index is 2390. The summed E-state index contributed by atoms with van der Waals surface area (Å²) in [6.45, 7) is 17.8. The zero-order chi connectivity index (χ0) is 47.4. The van der Waals surface area contributed by atoms with Crippen molar-refractivity contribution in [1.82, 2.24) is 25.8 Å². The largest absolute Gasteiger partial charge is 0.489 e. The van der Waals surface area contributed by atoms with Gasteiger partial charge in [0.15, 0.2) is 0 Å². The molecule has 65 heavy (non-hydrogen) atoms. The van der Waals surface area contributed by atoms with Gasteiger partial charge in [0.1, 0.15) is 30.0 Å². The molecular weight excluding hydrogens is 860 g/mol. The number of halogens is 1. The molecule has 1 saturated carbocycles. The van der Waals surface area contributed by atoms with Gasteiger partial charge >= 0.3 is 0 Å². The van der Waals surface area contributed by atoms with Gasteiger partial charge < -0.3 is 30.7 Å². The second kappa shape index (κ2) is 20.1. The lowest BCUT2D eigenvalue weighted by Gasteiger charge is -2.63. The number of carbonyl (C=O) groups is 4. The fourth-order valence-corrected chi connectivity index (χ4v) is 10.7. The number of aliphatic hydroxyl groups excluding tert-OH is 1. The number of nitrogens with zero attached hydrogens (tertiary/aromatic N) is 3. The maximum absolute atomic E-state index is 14.1. The molecule has 0 spiro atoms. The summed E-state index contributed by atoms with van der Waals surface area (Å²) in [5.74, 6) is -0.559. The Morgan fingerprint density at radius 1 is 0.985 bits per heavy atom. The monoisotopic (exact) mass is 922 g/mol. The van der Waals surface area contributed by atoms with E-state index in [2.05, 4.69) is 54.7 Å². The molecule has 1 aliphatic carbocycles. The molecule has 4 atom stereocenters. The highest BCUT2D eigenvalue weighted by molar-refractivity contribution is 7.13. The molecule has 14 heteroatoms. The van der Waals surface area contributed by atoms with Crippen molar-refractivity contribution in [1.29, 1.82) is 5.26 Å². The van der Waals surface area contributed by atoms with Crippen LogP contribution in [0.1, 0.15) is 126 Å². The second-order valence-electron chi connectivity index (χ2n) is 19.9. The van der Waals surface area contributed by atoms with E-state index in [0.717, 1.165) is 46.5 Å². The lowest BCUT2D eigenvalue weighted by atomic mass is 9.49. The van der Waals surface area contributed by atoms with Crippen LogP contribution in [0.15, 0.2) is 72.2 Å². The van der Waals surface area contributed by atoms with Crippen molar-refractivity contribution in [3.05, 3.63) is 105 Å². The normalized spacial score (nSPS) is 20.7. The third-order valence-electron chi connectivity index (χ3n) is 13.1. The fraction of sp³-hybridized carbons (Fsp3) is 0.490. The number of hydrogen-bond donors (Lipinski definition) is 4. The van der Waals surface area contributed by atoms with Gasteiger partial charge in [0.25, 0.3) is 5.91 Å².